The Morgan fingerprint density at radius 2 is 2.00 bits per heavy atom. The molecule has 20 heavy (non-hydrogen) atoms. The standard InChI is InChI=1S/C15H23N3OS/c1-4-12-17-13(11-7-8-20-14(11)18-12)16-9-15(5-2,6-3)10-19/h7-8,19H,4-6,9-10H2,1-3H3,(H,16,17,18). The van der Waals surface area contributed by atoms with Crippen LogP contribution in [-0.2, 0) is 6.42 Å². The van der Waals surface area contributed by atoms with Crippen LogP contribution in [0, 0.1) is 5.41 Å². The highest BCUT2D eigenvalue weighted by molar-refractivity contribution is 7.16. The molecule has 0 bridgehead atoms. The van der Waals surface area contributed by atoms with Gasteiger partial charge in [0.05, 0.1) is 12.0 Å². The fourth-order valence-electron chi connectivity index (χ4n) is 2.24. The molecule has 0 unspecified atom stereocenters. The molecule has 0 atom stereocenters. The number of nitrogens with one attached hydrogen (secondary N) is 1. The van der Waals surface area contributed by atoms with Crippen LogP contribution in [0.1, 0.15) is 39.4 Å². The summed E-state index contributed by atoms with van der Waals surface area (Å²) in [5.74, 6) is 1.76. The number of thiophene rings is 1. The third kappa shape index (κ3) is 2.94. The number of rotatable bonds is 7. The van der Waals surface area contributed by atoms with Crippen LogP contribution in [0.25, 0.3) is 10.2 Å². The highest BCUT2D eigenvalue weighted by atomic mass is 32.1. The second kappa shape index (κ2) is 6.50. The van der Waals surface area contributed by atoms with Gasteiger partial charge < -0.3 is 10.4 Å². The minimum atomic E-state index is -0.0698. The molecule has 2 heterocycles. The molecule has 2 rings (SSSR count). The molecule has 0 saturated heterocycles. The largest absolute Gasteiger partial charge is 0.396 e. The zero-order valence-electron chi connectivity index (χ0n) is 12.4. The van der Waals surface area contributed by atoms with Gasteiger partial charge in [0.15, 0.2) is 0 Å². The molecule has 2 N–H and O–H groups in total. The van der Waals surface area contributed by atoms with Crippen LogP contribution in [0.2, 0.25) is 0 Å². The van der Waals surface area contributed by atoms with E-state index in [1.165, 1.54) is 0 Å². The highest BCUT2D eigenvalue weighted by Gasteiger charge is 2.25. The first-order valence-electron chi connectivity index (χ1n) is 7.27. The third-order valence-corrected chi connectivity index (χ3v) is 4.96. The second-order valence-corrected chi connectivity index (χ2v) is 6.09. The highest BCUT2D eigenvalue weighted by Crippen LogP contribution is 2.29. The lowest BCUT2D eigenvalue weighted by atomic mass is 9.83. The van der Waals surface area contributed by atoms with Crippen molar-refractivity contribution in [3.63, 3.8) is 0 Å². The van der Waals surface area contributed by atoms with E-state index in [-0.39, 0.29) is 12.0 Å². The quantitative estimate of drug-likeness (QED) is 0.820. The van der Waals surface area contributed by atoms with Crippen molar-refractivity contribution in [1.82, 2.24) is 9.97 Å². The molecule has 2 aromatic rings. The molecular formula is C15H23N3OS. The molecule has 0 amide bonds. The van der Waals surface area contributed by atoms with Crippen molar-refractivity contribution in [1.29, 1.82) is 0 Å². The van der Waals surface area contributed by atoms with Crippen molar-refractivity contribution in [2.75, 3.05) is 18.5 Å². The number of hydrogen-bond donors (Lipinski definition) is 2. The summed E-state index contributed by atoms with van der Waals surface area (Å²) >= 11 is 1.64. The van der Waals surface area contributed by atoms with Crippen LogP contribution >= 0.6 is 11.3 Å². The Labute approximate surface area is 124 Å². The van der Waals surface area contributed by atoms with Crippen molar-refractivity contribution >= 4 is 27.4 Å². The number of hydrogen-bond acceptors (Lipinski definition) is 5. The molecule has 4 nitrogen and oxygen atoms in total. The fraction of sp³-hybridized carbons (Fsp3) is 0.600. The van der Waals surface area contributed by atoms with E-state index in [9.17, 15) is 5.11 Å². The zero-order valence-corrected chi connectivity index (χ0v) is 13.3. The van der Waals surface area contributed by atoms with E-state index < -0.39 is 0 Å². The molecule has 0 spiro atoms. The normalized spacial score (nSPS) is 12.0. The summed E-state index contributed by atoms with van der Waals surface area (Å²) in [4.78, 5) is 10.2. The fourth-order valence-corrected chi connectivity index (χ4v) is 3.03. The maximum absolute atomic E-state index is 9.66. The molecule has 0 aliphatic carbocycles. The molecule has 0 fully saturated rings. The molecule has 0 aliphatic heterocycles. The van der Waals surface area contributed by atoms with Crippen molar-refractivity contribution in [2.24, 2.45) is 5.41 Å². The monoisotopic (exact) mass is 293 g/mol. The SMILES string of the molecule is CCc1nc(NCC(CC)(CC)CO)c2ccsc2n1. The molecule has 110 valence electrons. The van der Waals surface area contributed by atoms with Gasteiger partial charge >= 0.3 is 0 Å². The van der Waals surface area contributed by atoms with Gasteiger partial charge in [-0.05, 0) is 24.3 Å². The van der Waals surface area contributed by atoms with E-state index in [1.54, 1.807) is 11.3 Å². The predicted octanol–water partition coefficient (Wildman–Crippen LogP) is 3.46. The lowest BCUT2D eigenvalue weighted by Gasteiger charge is -2.29. The smallest absolute Gasteiger partial charge is 0.138 e. The number of aliphatic hydroxyl groups excluding tert-OH is 1. The second-order valence-electron chi connectivity index (χ2n) is 5.20. The van der Waals surface area contributed by atoms with E-state index >= 15 is 0 Å². The van der Waals surface area contributed by atoms with Crippen LogP contribution in [0.5, 0.6) is 0 Å². The van der Waals surface area contributed by atoms with Gasteiger partial charge in [0.2, 0.25) is 0 Å². The average Bonchev–Trinajstić information content (AvgIpc) is 2.97. The van der Waals surface area contributed by atoms with E-state index in [0.717, 1.165) is 47.7 Å². The number of nitrogens with zero attached hydrogens (tertiary/aromatic N) is 2. The van der Waals surface area contributed by atoms with Gasteiger partial charge in [-0.25, -0.2) is 9.97 Å². The van der Waals surface area contributed by atoms with Crippen molar-refractivity contribution in [2.45, 2.75) is 40.0 Å². The molecule has 0 radical (unpaired) electrons. The summed E-state index contributed by atoms with van der Waals surface area (Å²) < 4.78 is 0. The zero-order chi connectivity index (χ0) is 14.6. The molecule has 0 aromatic carbocycles. The van der Waals surface area contributed by atoms with Gasteiger partial charge in [0.25, 0.3) is 0 Å². The van der Waals surface area contributed by atoms with Gasteiger partial charge in [-0.3, -0.25) is 0 Å². The van der Waals surface area contributed by atoms with Crippen molar-refractivity contribution in [3.8, 4) is 0 Å². The Kier molecular flexibility index (Phi) is 4.94. The van der Waals surface area contributed by atoms with Crippen LogP contribution in [-0.4, -0.2) is 28.2 Å². The lowest BCUT2D eigenvalue weighted by Crippen LogP contribution is -2.32. The Balaban J connectivity index is 2.26. The lowest BCUT2D eigenvalue weighted by molar-refractivity contribution is 0.127. The van der Waals surface area contributed by atoms with Gasteiger partial charge in [-0.1, -0.05) is 20.8 Å². The molecular weight excluding hydrogens is 270 g/mol. The minimum absolute atomic E-state index is 0.0698. The molecule has 0 aliphatic rings. The van der Waals surface area contributed by atoms with E-state index in [2.05, 4.69) is 42.1 Å². The Morgan fingerprint density at radius 3 is 2.60 bits per heavy atom. The number of aromatic nitrogens is 2. The maximum Gasteiger partial charge on any atom is 0.138 e. The summed E-state index contributed by atoms with van der Waals surface area (Å²) in [5.41, 5.74) is -0.0698. The first-order chi connectivity index (χ1) is 9.68. The number of anilines is 1. The Morgan fingerprint density at radius 1 is 1.25 bits per heavy atom. The first kappa shape index (κ1) is 15.2. The molecule has 0 saturated carbocycles. The topological polar surface area (TPSA) is 58.0 Å². The first-order valence-corrected chi connectivity index (χ1v) is 8.14. The average molecular weight is 293 g/mol. The minimum Gasteiger partial charge on any atom is -0.396 e. The maximum atomic E-state index is 9.66. The van der Waals surface area contributed by atoms with E-state index in [4.69, 9.17) is 0 Å². The molecule has 5 heteroatoms. The summed E-state index contributed by atoms with van der Waals surface area (Å²) in [6.07, 6.45) is 2.73. The van der Waals surface area contributed by atoms with E-state index in [0.29, 0.717) is 0 Å². The van der Waals surface area contributed by atoms with Gasteiger partial charge in [0, 0.05) is 18.4 Å². The van der Waals surface area contributed by atoms with Crippen molar-refractivity contribution < 1.29 is 5.11 Å². The third-order valence-electron chi connectivity index (χ3n) is 4.15. The van der Waals surface area contributed by atoms with Gasteiger partial charge in [0.1, 0.15) is 16.5 Å². The number of aryl methyl sites for hydroxylation is 1. The molecule has 2 aromatic heterocycles. The van der Waals surface area contributed by atoms with Crippen LogP contribution in [0.3, 0.4) is 0 Å². The van der Waals surface area contributed by atoms with Gasteiger partial charge in [-0.15, -0.1) is 11.3 Å². The number of aliphatic hydroxyl groups is 1. The summed E-state index contributed by atoms with van der Waals surface area (Å²) in [6, 6.07) is 2.06. The van der Waals surface area contributed by atoms with Crippen molar-refractivity contribution in [3.05, 3.63) is 17.3 Å². The summed E-state index contributed by atoms with van der Waals surface area (Å²) in [6.45, 7) is 7.25. The number of fused-ring (bicyclic) bond motifs is 1. The Hall–Kier alpha value is -1.20. The predicted molar refractivity (Wildman–Crippen MR) is 85.4 cm³/mol. The summed E-state index contributed by atoms with van der Waals surface area (Å²) in [7, 11) is 0. The summed E-state index contributed by atoms with van der Waals surface area (Å²) in [5, 5.41) is 16.2. The Bertz CT molecular complexity index is 555. The van der Waals surface area contributed by atoms with Gasteiger partial charge in [-0.2, -0.15) is 0 Å². The van der Waals surface area contributed by atoms with Crippen LogP contribution < -0.4 is 5.32 Å². The van der Waals surface area contributed by atoms with Crippen LogP contribution in [0.4, 0.5) is 5.82 Å². The van der Waals surface area contributed by atoms with Crippen LogP contribution in [0.15, 0.2) is 11.4 Å². The van der Waals surface area contributed by atoms with E-state index in [1.807, 2.05) is 5.38 Å².